The molecule has 1 fully saturated rings. The first-order chi connectivity index (χ1) is 6.75. The highest BCUT2D eigenvalue weighted by Crippen LogP contribution is 2.17. The zero-order valence-corrected chi connectivity index (χ0v) is 9.24. The van der Waals surface area contributed by atoms with E-state index in [1.165, 1.54) is 0 Å². The molecule has 2 unspecified atom stereocenters. The Hall–Kier alpha value is -0.160. The molecule has 1 rings (SSSR count). The van der Waals surface area contributed by atoms with Crippen LogP contribution in [0.25, 0.3) is 0 Å². The second kappa shape index (κ2) is 6.35. The van der Waals surface area contributed by atoms with E-state index in [0.717, 1.165) is 26.2 Å². The molecule has 2 atom stereocenters. The van der Waals surface area contributed by atoms with E-state index in [2.05, 4.69) is 18.9 Å². The van der Waals surface area contributed by atoms with Crippen molar-refractivity contribution in [2.75, 3.05) is 40.0 Å². The summed E-state index contributed by atoms with van der Waals surface area (Å²) in [6.45, 7) is 6.00. The highest BCUT2D eigenvalue weighted by Gasteiger charge is 2.27. The standard InChI is InChI=1S/C10H22N2O2/c1-9-10(3-6-14-9)12(2)5-8-13-7-4-11/h9-10H,3-8,11H2,1-2H3. The minimum Gasteiger partial charge on any atom is -0.379 e. The highest BCUT2D eigenvalue weighted by atomic mass is 16.5. The van der Waals surface area contributed by atoms with Crippen LogP contribution in [0, 0.1) is 0 Å². The van der Waals surface area contributed by atoms with Gasteiger partial charge < -0.3 is 15.2 Å². The molecule has 0 bridgehead atoms. The van der Waals surface area contributed by atoms with E-state index in [1.54, 1.807) is 0 Å². The van der Waals surface area contributed by atoms with Crippen molar-refractivity contribution in [1.82, 2.24) is 4.90 Å². The van der Waals surface area contributed by atoms with Gasteiger partial charge in [-0.2, -0.15) is 0 Å². The van der Waals surface area contributed by atoms with E-state index >= 15 is 0 Å². The average Bonchev–Trinajstić information content (AvgIpc) is 2.59. The van der Waals surface area contributed by atoms with Crippen molar-refractivity contribution in [1.29, 1.82) is 0 Å². The van der Waals surface area contributed by atoms with Crippen LogP contribution >= 0.6 is 0 Å². The van der Waals surface area contributed by atoms with Crippen LogP contribution in [0.3, 0.4) is 0 Å². The number of likely N-dealkylation sites (N-methyl/N-ethyl adjacent to an activating group) is 1. The van der Waals surface area contributed by atoms with Crippen molar-refractivity contribution in [2.24, 2.45) is 5.73 Å². The lowest BCUT2D eigenvalue weighted by molar-refractivity contribution is 0.0633. The summed E-state index contributed by atoms with van der Waals surface area (Å²) in [5.41, 5.74) is 5.33. The SMILES string of the molecule is CC1OCCC1N(C)CCOCCN. The number of hydrogen-bond acceptors (Lipinski definition) is 4. The summed E-state index contributed by atoms with van der Waals surface area (Å²) in [5, 5.41) is 0. The molecule has 0 saturated carbocycles. The third-order valence-corrected chi connectivity index (χ3v) is 2.75. The highest BCUT2D eigenvalue weighted by molar-refractivity contribution is 4.80. The summed E-state index contributed by atoms with van der Waals surface area (Å²) < 4.78 is 10.9. The molecule has 2 N–H and O–H groups in total. The van der Waals surface area contributed by atoms with Crippen LogP contribution in [0.1, 0.15) is 13.3 Å². The number of nitrogens with two attached hydrogens (primary N) is 1. The number of rotatable bonds is 6. The molecule has 0 aromatic rings. The molecular weight excluding hydrogens is 180 g/mol. The average molecular weight is 202 g/mol. The predicted molar refractivity (Wildman–Crippen MR) is 56.3 cm³/mol. The summed E-state index contributed by atoms with van der Waals surface area (Å²) in [4.78, 5) is 2.31. The molecule has 0 spiro atoms. The van der Waals surface area contributed by atoms with Gasteiger partial charge in [-0.05, 0) is 20.4 Å². The summed E-state index contributed by atoms with van der Waals surface area (Å²) in [6, 6.07) is 0.552. The third kappa shape index (κ3) is 3.53. The smallest absolute Gasteiger partial charge is 0.0702 e. The first kappa shape index (κ1) is 11.9. The molecule has 1 aliphatic rings. The van der Waals surface area contributed by atoms with Crippen LogP contribution in [0.4, 0.5) is 0 Å². The fraction of sp³-hybridized carbons (Fsp3) is 1.00. The first-order valence-corrected chi connectivity index (χ1v) is 5.35. The van der Waals surface area contributed by atoms with Gasteiger partial charge in [0.1, 0.15) is 0 Å². The minimum atomic E-state index is 0.356. The maximum absolute atomic E-state index is 5.51. The lowest BCUT2D eigenvalue weighted by atomic mass is 10.1. The Morgan fingerprint density at radius 1 is 1.50 bits per heavy atom. The predicted octanol–water partition coefficient (Wildman–Crippen LogP) is 0.0709. The molecule has 4 nitrogen and oxygen atoms in total. The monoisotopic (exact) mass is 202 g/mol. The number of nitrogens with zero attached hydrogens (tertiary/aromatic N) is 1. The number of hydrogen-bond donors (Lipinski definition) is 1. The zero-order chi connectivity index (χ0) is 10.4. The summed E-state index contributed by atoms with van der Waals surface area (Å²) in [7, 11) is 2.13. The summed E-state index contributed by atoms with van der Waals surface area (Å²) in [5.74, 6) is 0. The molecule has 4 heteroatoms. The fourth-order valence-corrected chi connectivity index (χ4v) is 1.86. The molecule has 0 aromatic carbocycles. The third-order valence-electron chi connectivity index (χ3n) is 2.75. The van der Waals surface area contributed by atoms with Gasteiger partial charge in [0.05, 0.1) is 19.3 Å². The molecule has 1 saturated heterocycles. The van der Waals surface area contributed by atoms with Gasteiger partial charge in [-0.15, -0.1) is 0 Å². The fourth-order valence-electron chi connectivity index (χ4n) is 1.86. The van der Waals surface area contributed by atoms with Crippen molar-refractivity contribution in [3.05, 3.63) is 0 Å². The van der Waals surface area contributed by atoms with E-state index in [-0.39, 0.29) is 0 Å². The molecule has 0 aliphatic carbocycles. The molecule has 84 valence electrons. The maximum atomic E-state index is 5.51. The van der Waals surface area contributed by atoms with Crippen LogP contribution in [0.2, 0.25) is 0 Å². The van der Waals surface area contributed by atoms with Gasteiger partial charge in [0, 0.05) is 25.7 Å². The molecule has 14 heavy (non-hydrogen) atoms. The first-order valence-electron chi connectivity index (χ1n) is 5.35. The molecule has 1 aliphatic heterocycles. The number of ether oxygens (including phenoxy) is 2. The van der Waals surface area contributed by atoms with Crippen LogP contribution in [-0.2, 0) is 9.47 Å². The van der Waals surface area contributed by atoms with Gasteiger partial charge in [-0.3, -0.25) is 4.90 Å². The second-order valence-electron chi connectivity index (χ2n) is 3.81. The van der Waals surface area contributed by atoms with Gasteiger partial charge in [-0.1, -0.05) is 0 Å². The molecule has 0 amide bonds. The van der Waals surface area contributed by atoms with Crippen LogP contribution in [-0.4, -0.2) is 57.0 Å². The Bertz CT molecular complexity index is 155. The van der Waals surface area contributed by atoms with Crippen molar-refractivity contribution >= 4 is 0 Å². The van der Waals surface area contributed by atoms with Gasteiger partial charge >= 0.3 is 0 Å². The van der Waals surface area contributed by atoms with E-state index in [0.29, 0.717) is 25.3 Å². The molecule has 0 aromatic heterocycles. The Kier molecular flexibility index (Phi) is 5.40. The van der Waals surface area contributed by atoms with Crippen LogP contribution in [0.5, 0.6) is 0 Å². The molecular formula is C10H22N2O2. The van der Waals surface area contributed by atoms with Crippen LogP contribution < -0.4 is 5.73 Å². The van der Waals surface area contributed by atoms with E-state index < -0.39 is 0 Å². The van der Waals surface area contributed by atoms with Crippen molar-refractivity contribution in [2.45, 2.75) is 25.5 Å². The topological polar surface area (TPSA) is 47.7 Å². The minimum absolute atomic E-state index is 0.356. The summed E-state index contributed by atoms with van der Waals surface area (Å²) in [6.07, 6.45) is 1.49. The molecule has 1 heterocycles. The van der Waals surface area contributed by atoms with Crippen molar-refractivity contribution < 1.29 is 9.47 Å². The Morgan fingerprint density at radius 2 is 2.29 bits per heavy atom. The van der Waals surface area contributed by atoms with Gasteiger partial charge in [0.25, 0.3) is 0 Å². The van der Waals surface area contributed by atoms with E-state index in [1.807, 2.05) is 0 Å². The Balaban J connectivity index is 2.11. The zero-order valence-electron chi connectivity index (χ0n) is 9.24. The lowest BCUT2D eigenvalue weighted by Crippen LogP contribution is -2.38. The van der Waals surface area contributed by atoms with E-state index in [9.17, 15) is 0 Å². The largest absolute Gasteiger partial charge is 0.379 e. The van der Waals surface area contributed by atoms with E-state index in [4.69, 9.17) is 15.2 Å². The quantitative estimate of drug-likeness (QED) is 0.619. The Labute approximate surface area is 86.3 Å². The van der Waals surface area contributed by atoms with Gasteiger partial charge in [-0.25, -0.2) is 0 Å². The summed E-state index contributed by atoms with van der Waals surface area (Å²) >= 11 is 0. The molecule has 0 radical (unpaired) electrons. The van der Waals surface area contributed by atoms with Crippen molar-refractivity contribution in [3.63, 3.8) is 0 Å². The maximum Gasteiger partial charge on any atom is 0.0702 e. The van der Waals surface area contributed by atoms with Gasteiger partial charge in [0.15, 0.2) is 0 Å². The van der Waals surface area contributed by atoms with Crippen LogP contribution in [0.15, 0.2) is 0 Å². The normalized spacial score (nSPS) is 27.4. The van der Waals surface area contributed by atoms with Gasteiger partial charge in [0.2, 0.25) is 0 Å². The second-order valence-corrected chi connectivity index (χ2v) is 3.81. The van der Waals surface area contributed by atoms with Crippen molar-refractivity contribution in [3.8, 4) is 0 Å². The lowest BCUT2D eigenvalue weighted by Gasteiger charge is -2.26. The Morgan fingerprint density at radius 3 is 2.86 bits per heavy atom.